The quantitative estimate of drug-likeness (QED) is 0.464. The fourth-order valence-electron chi connectivity index (χ4n) is 10.9. The monoisotopic (exact) mass is 440 g/mol. The molecule has 9 atom stereocenters. The molecule has 0 bridgehead atoms. The van der Waals surface area contributed by atoms with Crippen LogP contribution in [0, 0.1) is 50.7 Å². The second-order valence-electron chi connectivity index (χ2n) is 14.2. The zero-order valence-corrected chi connectivity index (χ0v) is 21.9. The molecule has 5 aliphatic carbocycles. The SMILES string of the molecule is CC(C)=CCC(O)C(C)C1CCC2(C)C3CCC4C(C)(C)C(=O)CCC45CC35CCC12C. The van der Waals surface area contributed by atoms with Gasteiger partial charge >= 0.3 is 0 Å². The van der Waals surface area contributed by atoms with Gasteiger partial charge in [-0.3, -0.25) is 4.79 Å². The Morgan fingerprint density at radius 3 is 2.31 bits per heavy atom. The normalized spacial score (nSPS) is 50.4. The van der Waals surface area contributed by atoms with Crippen molar-refractivity contribution >= 4 is 5.78 Å². The van der Waals surface area contributed by atoms with Gasteiger partial charge in [-0.15, -0.1) is 0 Å². The summed E-state index contributed by atoms with van der Waals surface area (Å²) < 4.78 is 0. The van der Waals surface area contributed by atoms with Crippen molar-refractivity contribution in [3.8, 4) is 0 Å². The van der Waals surface area contributed by atoms with Gasteiger partial charge < -0.3 is 5.11 Å². The molecule has 0 heterocycles. The molecule has 0 aliphatic heterocycles. The third-order valence-corrected chi connectivity index (χ3v) is 12.9. The number of allylic oxidation sites excluding steroid dienone is 1. The van der Waals surface area contributed by atoms with E-state index in [1.807, 2.05) is 0 Å². The van der Waals surface area contributed by atoms with E-state index in [-0.39, 0.29) is 11.5 Å². The molecule has 2 spiro atoms. The number of aliphatic hydroxyl groups excluding tert-OH is 1. The summed E-state index contributed by atoms with van der Waals surface area (Å²) in [5.74, 6) is 2.95. The van der Waals surface area contributed by atoms with E-state index in [0.29, 0.717) is 45.2 Å². The summed E-state index contributed by atoms with van der Waals surface area (Å²) in [6, 6.07) is 0. The molecule has 5 rings (SSSR count). The first-order chi connectivity index (χ1) is 14.9. The van der Waals surface area contributed by atoms with Crippen LogP contribution < -0.4 is 0 Å². The van der Waals surface area contributed by atoms with Crippen LogP contribution in [-0.4, -0.2) is 17.0 Å². The summed E-state index contributed by atoms with van der Waals surface area (Å²) in [6.45, 7) is 16.4. The average molecular weight is 441 g/mol. The van der Waals surface area contributed by atoms with Crippen molar-refractivity contribution in [2.75, 3.05) is 0 Å². The van der Waals surface area contributed by atoms with Gasteiger partial charge in [0.25, 0.3) is 0 Å². The number of Topliss-reactive ketones (excluding diaryl/α,β-unsaturated/α-hetero) is 1. The number of hydrogen-bond acceptors (Lipinski definition) is 2. The highest BCUT2D eigenvalue weighted by Gasteiger charge is 2.82. The predicted octanol–water partition coefficient (Wildman–Crippen LogP) is 7.35. The maximum atomic E-state index is 12.8. The Morgan fingerprint density at radius 1 is 0.969 bits per heavy atom. The summed E-state index contributed by atoms with van der Waals surface area (Å²) in [6.07, 6.45) is 14.1. The molecule has 0 aromatic rings. The molecular formula is C30H48O2. The largest absolute Gasteiger partial charge is 0.393 e. The van der Waals surface area contributed by atoms with Crippen LogP contribution in [0.25, 0.3) is 0 Å². The van der Waals surface area contributed by atoms with Crippen molar-refractivity contribution in [3.63, 3.8) is 0 Å². The Labute approximate surface area is 197 Å². The first-order valence-corrected chi connectivity index (χ1v) is 13.7. The van der Waals surface area contributed by atoms with Crippen LogP contribution in [0.1, 0.15) is 113 Å². The van der Waals surface area contributed by atoms with E-state index in [4.69, 9.17) is 0 Å². The Kier molecular flexibility index (Phi) is 5.03. The topological polar surface area (TPSA) is 37.3 Å². The van der Waals surface area contributed by atoms with Gasteiger partial charge in [0.1, 0.15) is 5.78 Å². The number of fused-ring (bicyclic) bond motifs is 2. The van der Waals surface area contributed by atoms with Crippen LogP contribution in [0.5, 0.6) is 0 Å². The average Bonchev–Trinajstić information content (AvgIpc) is 3.31. The molecule has 0 saturated heterocycles. The van der Waals surface area contributed by atoms with Gasteiger partial charge in [-0.05, 0) is 117 Å². The Hall–Kier alpha value is -0.630. The van der Waals surface area contributed by atoms with Crippen LogP contribution >= 0.6 is 0 Å². The lowest BCUT2D eigenvalue weighted by Crippen LogP contribution is -2.57. The third-order valence-electron chi connectivity index (χ3n) is 12.9. The molecule has 0 amide bonds. The predicted molar refractivity (Wildman–Crippen MR) is 131 cm³/mol. The summed E-state index contributed by atoms with van der Waals surface area (Å²) in [5.41, 5.74) is 2.90. The van der Waals surface area contributed by atoms with Crippen LogP contribution in [0.4, 0.5) is 0 Å². The number of rotatable bonds is 4. The minimum atomic E-state index is -0.224. The van der Waals surface area contributed by atoms with E-state index in [0.717, 1.165) is 18.8 Å². The van der Waals surface area contributed by atoms with E-state index >= 15 is 0 Å². The van der Waals surface area contributed by atoms with Crippen molar-refractivity contribution in [2.24, 2.45) is 50.7 Å². The maximum Gasteiger partial charge on any atom is 0.138 e. The van der Waals surface area contributed by atoms with Crippen molar-refractivity contribution in [3.05, 3.63) is 11.6 Å². The molecule has 5 aliphatic rings. The molecule has 180 valence electrons. The van der Waals surface area contributed by atoms with Gasteiger partial charge in [0, 0.05) is 11.8 Å². The van der Waals surface area contributed by atoms with E-state index in [1.165, 1.54) is 56.9 Å². The lowest BCUT2D eigenvalue weighted by Gasteiger charge is -2.62. The Bertz CT molecular complexity index is 836. The van der Waals surface area contributed by atoms with Gasteiger partial charge in [-0.2, -0.15) is 0 Å². The van der Waals surface area contributed by atoms with Crippen molar-refractivity contribution in [2.45, 2.75) is 119 Å². The molecule has 5 saturated carbocycles. The van der Waals surface area contributed by atoms with Crippen molar-refractivity contribution in [1.29, 1.82) is 0 Å². The van der Waals surface area contributed by atoms with Crippen LogP contribution in [0.2, 0.25) is 0 Å². The number of carbonyl (C=O) groups is 1. The number of hydrogen-bond donors (Lipinski definition) is 1. The van der Waals surface area contributed by atoms with Crippen molar-refractivity contribution in [1.82, 2.24) is 0 Å². The van der Waals surface area contributed by atoms with E-state index in [9.17, 15) is 9.90 Å². The zero-order chi connectivity index (χ0) is 23.3. The van der Waals surface area contributed by atoms with Gasteiger partial charge in [0.05, 0.1) is 6.10 Å². The van der Waals surface area contributed by atoms with E-state index < -0.39 is 0 Å². The molecule has 0 aromatic carbocycles. The molecule has 1 N–H and O–H groups in total. The second-order valence-corrected chi connectivity index (χ2v) is 14.2. The summed E-state index contributed by atoms with van der Waals surface area (Å²) >= 11 is 0. The van der Waals surface area contributed by atoms with Gasteiger partial charge in [-0.1, -0.05) is 46.3 Å². The first-order valence-electron chi connectivity index (χ1n) is 13.7. The summed E-state index contributed by atoms with van der Waals surface area (Å²) in [4.78, 5) is 12.8. The van der Waals surface area contributed by atoms with Crippen molar-refractivity contribution < 1.29 is 9.90 Å². The highest BCUT2D eigenvalue weighted by atomic mass is 16.3. The Morgan fingerprint density at radius 2 is 1.62 bits per heavy atom. The molecule has 2 nitrogen and oxygen atoms in total. The van der Waals surface area contributed by atoms with Gasteiger partial charge in [0.15, 0.2) is 0 Å². The van der Waals surface area contributed by atoms with Gasteiger partial charge in [0.2, 0.25) is 0 Å². The van der Waals surface area contributed by atoms with E-state index in [1.54, 1.807) is 0 Å². The Balaban J connectivity index is 1.43. The number of carbonyl (C=O) groups excluding carboxylic acids is 1. The fourth-order valence-corrected chi connectivity index (χ4v) is 10.9. The van der Waals surface area contributed by atoms with Crippen LogP contribution in [0.3, 0.4) is 0 Å². The van der Waals surface area contributed by atoms with E-state index in [2.05, 4.69) is 54.5 Å². The standard InChI is InChI=1S/C30H48O2/c1-19(2)8-9-22(31)20(3)21-12-14-28(7)24-11-10-23-26(4,5)25(32)13-15-29(23)18-30(24,29)17-16-27(21,28)6/h8,20-24,31H,9-18H2,1-7H3. The summed E-state index contributed by atoms with van der Waals surface area (Å²) in [5, 5.41) is 11.1. The maximum absolute atomic E-state index is 12.8. The fraction of sp³-hybridized carbons (Fsp3) is 0.900. The molecule has 0 radical (unpaired) electrons. The molecular weight excluding hydrogens is 392 g/mol. The van der Waals surface area contributed by atoms with Gasteiger partial charge in [-0.25, -0.2) is 0 Å². The molecule has 9 unspecified atom stereocenters. The molecule has 2 heteroatoms. The van der Waals surface area contributed by atoms with Crippen LogP contribution in [-0.2, 0) is 4.79 Å². The molecule has 5 fully saturated rings. The lowest BCUT2D eigenvalue weighted by atomic mass is 9.42. The second kappa shape index (κ2) is 6.96. The number of ketones is 1. The zero-order valence-electron chi connectivity index (χ0n) is 21.9. The third kappa shape index (κ3) is 2.65. The minimum Gasteiger partial charge on any atom is -0.393 e. The molecule has 32 heavy (non-hydrogen) atoms. The smallest absolute Gasteiger partial charge is 0.138 e. The van der Waals surface area contributed by atoms with Crippen LogP contribution in [0.15, 0.2) is 11.6 Å². The first kappa shape index (κ1) is 23.1. The minimum absolute atomic E-state index is 0.115. The molecule has 0 aromatic heterocycles. The highest BCUT2D eigenvalue weighted by molar-refractivity contribution is 5.86. The lowest BCUT2D eigenvalue weighted by molar-refractivity contribution is -0.158. The summed E-state index contributed by atoms with van der Waals surface area (Å²) in [7, 11) is 0. The number of aliphatic hydroxyl groups is 1. The highest BCUT2D eigenvalue weighted by Crippen LogP contribution is 2.88.